The van der Waals surface area contributed by atoms with E-state index in [1.165, 1.54) is 0 Å². The van der Waals surface area contributed by atoms with E-state index in [0.717, 1.165) is 25.4 Å². The number of methoxy groups -OCH3 is 1. The van der Waals surface area contributed by atoms with Crippen LogP contribution in [0.1, 0.15) is 24.9 Å². The molecule has 0 aliphatic rings. The quantitative estimate of drug-likeness (QED) is 0.562. The zero-order valence-electron chi connectivity index (χ0n) is 15.5. The van der Waals surface area contributed by atoms with E-state index in [9.17, 15) is 13.2 Å². The number of halogens is 1. The van der Waals surface area contributed by atoms with Gasteiger partial charge in [-0.1, -0.05) is 19.1 Å². The minimum atomic E-state index is -3.59. The highest BCUT2D eigenvalue weighted by atomic mass is 127. The van der Waals surface area contributed by atoms with Crippen molar-refractivity contribution >= 4 is 44.2 Å². The van der Waals surface area contributed by atoms with Gasteiger partial charge < -0.3 is 10.1 Å². The summed E-state index contributed by atoms with van der Waals surface area (Å²) in [5, 5.41) is 2.92. The minimum absolute atomic E-state index is 0.207. The Balaban J connectivity index is 2.15. The highest BCUT2D eigenvalue weighted by molar-refractivity contribution is 14.1. The van der Waals surface area contributed by atoms with E-state index in [1.54, 1.807) is 31.4 Å². The molecular weight excluding hydrogens is 479 g/mol. The van der Waals surface area contributed by atoms with Crippen LogP contribution >= 0.6 is 22.6 Å². The lowest BCUT2D eigenvalue weighted by Crippen LogP contribution is -2.41. The Morgan fingerprint density at radius 2 is 1.74 bits per heavy atom. The van der Waals surface area contributed by atoms with Crippen molar-refractivity contribution in [2.45, 2.75) is 19.4 Å². The van der Waals surface area contributed by atoms with E-state index in [0.29, 0.717) is 12.1 Å². The highest BCUT2D eigenvalue weighted by Crippen LogP contribution is 2.21. The lowest BCUT2D eigenvalue weighted by Gasteiger charge is -2.24. The third-order valence-electron chi connectivity index (χ3n) is 4.06. The number of carbonyl (C=O) groups excluding carboxylic acids is 1. The molecule has 0 saturated carbocycles. The van der Waals surface area contributed by atoms with Crippen LogP contribution in [0.25, 0.3) is 0 Å². The van der Waals surface area contributed by atoms with E-state index < -0.39 is 10.0 Å². The molecular formula is C19H23IN2O4S. The fourth-order valence-corrected chi connectivity index (χ4v) is 3.85. The molecule has 2 aromatic carbocycles. The van der Waals surface area contributed by atoms with Crippen LogP contribution in [0.3, 0.4) is 0 Å². The van der Waals surface area contributed by atoms with E-state index >= 15 is 0 Å². The molecule has 1 N–H and O–H groups in total. The fraction of sp³-hybridized carbons (Fsp3) is 0.316. The zero-order chi connectivity index (χ0) is 20.0. The van der Waals surface area contributed by atoms with Gasteiger partial charge in [-0.05, 0) is 71.0 Å². The maximum Gasteiger partial charge on any atom is 0.241 e. The number of nitrogens with one attached hydrogen (secondary N) is 1. The van der Waals surface area contributed by atoms with Crippen molar-refractivity contribution in [2.75, 3.05) is 24.2 Å². The second-order valence-electron chi connectivity index (χ2n) is 6.05. The molecule has 6 nitrogen and oxygen atoms in total. The number of hydrogen-bond acceptors (Lipinski definition) is 4. The van der Waals surface area contributed by atoms with E-state index in [1.807, 2.05) is 31.2 Å². The van der Waals surface area contributed by atoms with Gasteiger partial charge in [0.05, 0.1) is 25.1 Å². The predicted octanol–water partition coefficient (Wildman–Crippen LogP) is 3.33. The first-order valence-corrected chi connectivity index (χ1v) is 11.3. The van der Waals surface area contributed by atoms with Crippen LogP contribution in [-0.4, -0.2) is 34.2 Å². The minimum Gasteiger partial charge on any atom is -0.497 e. The first kappa shape index (κ1) is 21.5. The van der Waals surface area contributed by atoms with Gasteiger partial charge in [0, 0.05) is 3.57 Å². The Hall–Kier alpha value is -1.81. The van der Waals surface area contributed by atoms with Gasteiger partial charge in [0.15, 0.2) is 0 Å². The molecule has 2 rings (SSSR count). The molecule has 0 fully saturated rings. The second kappa shape index (κ2) is 9.41. The first-order valence-electron chi connectivity index (χ1n) is 8.41. The van der Waals surface area contributed by atoms with E-state index in [-0.39, 0.29) is 18.5 Å². The molecule has 0 aromatic heterocycles. The number of ether oxygens (including phenoxy) is 1. The van der Waals surface area contributed by atoms with Gasteiger partial charge in [-0.3, -0.25) is 9.10 Å². The number of nitrogens with zero attached hydrogens (tertiary/aromatic N) is 1. The predicted molar refractivity (Wildman–Crippen MR) is 116 cm³/mol. The monoisotopic (exact) mass is 502 g/mol. The highest BCUT2D eigenvalue weighted by Gasteiger charge is 2.22. The molecule has 0 unspecified atom stereocenters. The summed E-state index contributed by atoms with van der Waals surface area (Å²) in [5.74, 6) is 0.378. The number of hydrogen-bond donors (Lipinski definition) is 1. The molecule has 0 saturated heterocycles. The normalized spacial score (nSPS) is 12.3. The molecule has 0 aliphatic carbocycles. The molecule has 0 bridgehead atoms. The van der Waals surface area contributed by atoms with Crippen LogP contribution in [0.15, 0.2) is 48.5 Å². The summed E-state index contributed by atoms with van der Waals surface area (Å²) >= 11 is 2.14. The molecule has 1 amide bonds. The molecule has 1 atom stereocenters. The van der Waals surface area contributed by atoms with Gasteiger partial charge in [0.25, 0.3) is 0 Å². The maximum atomic E-state index is 12.6. The molecule has 0 heterocycles. The number of sulfonamides is 1. The third kappa shape index (κ3) is 6.10. The first-order chi connectivity index (χ1) is 12.7. The van der Waals surface area contributed by atoms with Crippen molar-refractivity contribution in [3.05, 3.63) is 57.7 Å². The van der Waals surface area contributed by atoms with Gasteiger partial charge >= 0.3 is 0 Å². The molecule has 2 aromatic rings. The maximum absolute atomic E-state index is 12.6. The number of amides is 1. The summed E-state index contributed by atoms with van der Waals surface area (Å²) in [7, 11) is -1.99. The van der Waals surface area contributed by atoms with Gasteiger partial charge in [-0.15, -0.1) is 0 Å². The van der Waals surface area contributed by atoms with Gasteiger partial charge in [0.2, 0.25) is 15.9 Å². The Bertz CT molecular complexity index is 868. The van der Waals surface area contributed by atoms with Crippen molar-refractivity contribution in [3.8, 4) is 5.75 Å². The lowest BCUT2D eigenvalue weighted by molar-refractivity contribution is -0.120. The summed E-state index contributed by atoms with van der Waals surface area (Å²) in [4.78, 5) is 12.6. The smallest absolute Gasteiger partial charge is 0.241 e. The van der Waals surface area contributed by atoms with E-state index in [4.69, 9.17) is 4.74 Å². The van der Waals surface area contributed by atoms with Crippen molar-refractivity contribution in [1.82, 2.24) is 5.32 Å². The molecule has 0 radical (unpaired) electrons. The molecule has 146 valence electrons. The Labute approximate surface area is 174 Å². The van der Waals surface area contributed by atoms with Crippen molar-refractivity contribution < 1.29 is 17.9 Å². The Kier molecular flexibility index (Phi) is 7.49. The summed E-state index contributed by atoms with van der Waals surface area (Å²) in [6.45, 7) is 1.69. The topological polar surface area (TPSA) is 75.7 Å². The SMILES string of the molecule is CC[C@@H](NC(=O)CN(c1ccc(I)cc1)S(C)(=O)=O)c1ccc(OC)cc1. The number of rotatable bonds is 8. The Morgan fingerprint density at radius 1 is 1.15 bits per heavy atom. The number of carbonyl (C=O) groups is 1. The number of benzene rings is 2. The standard InChI is InChI=1S/C19H23IN2O4S/c1-4-18(14-5-11-17(26-2)12-6-14)21-19(23)13-22(27(3,24)25)16-9-7-15(20)8-10-16/h5-12,18H,4,13H2,1-3H3,(H,21,23)/t18-/m1/s1. The second-order valence-corrected chi connectivity index (χ2v) is 9.20. The van der Waals surface area contributed by atoms with Crippen LogP contribution in [0.2, 0.25) is 0 Å². The summed E-state index contributed by atoms with van der Waals surface area (Å²) in [6.07, 6.45) is 1.78. The van der Waals surface area contributed by atoms with Crippen LogP contribution in [0, 0.1) is 3.57 Å². The Morgan fingerprint density at radius 3 is 2.22 bits per heavy atom. The molecule has 27 heavy (non-hydrogen) atoms. The summed E-state index contributed by atoms with van der Waals surface area (Å²) in [6, 6.07) is 14.2. The average molecular weight is 502 g/mol. The van der Waals surface area contributed by atoms with Crippen LogP contribution in [-0.2, 0) is 14.8 Å². The molecule has 8 heteroatoms. The molecule has 0 aliphatic heterocycles. The summed E-state index contributed by atoms with van der Waals surface area (Å²) < 4.78 is 31.6. The van der Waals surface area contributed by atoms with Crippen LogP contribution in [0.5, 0.6) is 5.75 Å². The van der Waals surface area contributed by atoms with Gasteiger partial charge in [0.1, 0.15) is 12.3 Å². The van der Waals surface area contributed by atoms with Crippen LogP contribution in [0.4, 0.5) is 5.69 Å². The zero-order valence-corrected chi connectivity index (χ0v) is 18.5. The molecule has 0 spiro atoms. The fourth-order valence-electron chi connectivity index (χ4n) is 2.64. The van der Waals surface area contributed by atoms with Gasteiger partial charge in [-0.25, -0.2) is 8.42 Å². The largest absolute Gasteiger partial charge is 0.497 e. The van der Waals surface area contributed by atoms with Crippen molar-refractivity contribution in [3.63, 3.8) is 0 Å². The lowest BCUT2D eigenvalue weighted by atomic mass is 10.0. The van der Waals surface area contributed by atoms with Crippen molar-refractivity contribution in [1.29, 1.82) is 0 Å². The van der Waals surface area contributed by atoms with E-state index in [2.05, 4.69) is 27.9 Å². The summed E-state index contributed by atoms with van der Waals surface area (Å²) in [5.41, 5.74) is 1.40. The number of anilines is 1. The van der Waals surface area contributed by atoms with Crippen LogP contribution < -0.4 is 14.4 Å². The third-order valence-corrected chi connectivity index (χ3v) is 5.92. The van der Waals surface area contributed by atoms with Crippen molar-refractivity contribution in [2.24, 2.45) is 0 Å². The van der Waals surface area contributed by atoms with Gasteiger partial charge in [-0.2, -0.15) is 0 Å². The average Bonchev–Trinajstić information content (AvgIpc) is 2.64.